The summed E-state index contributed by atoms with van der Waals surface area (Å²) in [7, 11) is 0. The highest BCUT2D eigenvalue weighted by atomic mass is 16.3. The van der Waals surface area contributed by atoms with Crippen LogP contribution in [0.1, 0.15) is 0 Å². The van der Waals surface area contributed by atoms with Gasteiger partial charge >= 0.3 is 0 Å². The lowest BCUT2D eigenvalue weighted by Gasteiger charge is -2.11. The Kier molecular flexibility index (Phi) is 7.40. The number of aromatic nitrogens is 5. The van der Waals surface area contributed by atoms with Gasteiger partial charge in [-0.3, -0.25) is 4.57 Å². The Hall–Kier alpha value is -8.16. The fraction of sp³-hybridized carbons (Fsp3) is 0. The lowest BCUT2D eigenvalue weighted by atomic mass is 9.99. The number of benzene rings is 8. The number of rotatable bonds is 6. The molecule has 4 heterocycles. The number of hydrogen-bond donors (Lipinski definition) is 0. The van der Waals surface area contributed by atoms with Crippen LogP contribution in [-0.4, -0.2) is 24.5 Å². The molecule has 0 fully saturated rings. The van der Waals surface area contributed by atoms with Crippen molar-refractivity contribution < 1.29 is 8.83 Å². The summed E-state index contributed by atoms with van der Waals surface area (Å²) >= 11 is 0. The molecule has 59 heavy (non-hydrogen) atoms. The number of hydrogen-bond acceptors (Lipinski definition) is 6. The molecule has 0 atom stereocenters. The third kappa shape index (κ3) is 5.29. The topological polar surface area (TPSA) is 82.8 Å². The molecule has 7 heteroatoms. The van der Waals surface area contributed by atoms with Crippen molar-refractivity contribution in [1.82, 2.24) is 24.5 Å². The summed E-state index contributed by atoms with van der Waals surface area (Å²) in [6.45, 7) is 0. The van der Waals surface area contributed by atoms with Crippen LogP contribution in [-0.2, 0) is 0 Å². The van der Waals surface area contributed by atoms with Crippen molar-refractivity contribution >= 4 is 54.8 Å². The minimum atomic E-state index is 0.453. The standard InChI is InChI=1S/C52H31N5O2/c1-4-16-32(17-5-1)35-23-15-31-44-45(35)39-22-10-11-30-43(39)57(44)52-55-49(54-50(56-52)41-28-14-29-42-48(41)59-51(53-42)34-20-8-3-9-21-34)40-27-13-26-38-37-25-12-24-36(46(37)58-47(38)40)33-18-6-2-7-19-33/h1-31H. The minimum Gasteiger partial charge on any atom is -0.455 e. The van der Waals surface area contributed by atoms with Gasteiger partial charge in [-0.2, -0.15) is 9.97 Å². The second-order valence-electron chi connectivity index (χ2n) is 14.6. The Bertz CT molecular complexity index is 3550. The Morgan fingerprint density at radius 1 is 0.339 bits per heavy atom. The second kappa shape index (κ2) is 13.2. The average molecular weight is 758 g/mol. The Labute approximate surface area is 337 Å². The molecule has 0 amide bonds. The van der Waals surface area contributed by atoms with Crippen molar-refractivity contribution in [3.05, 3.63) is 188 Å². The van der Waals surface area contributed by atoms with E-state index < -0.39 is 0 Å². The van der Waals surface area contributed by atoms with E-state index in [0.29, 0.717) is 45.7 Å². The molecule has 4 aromatic heterocycles. The summed E-state index contributed by atoms with van der Waals surface area (Å²) in [6.07, 6.45) is 0. The van der Waals surface area contributed by atoms with E-state index in [4.69, 9.17) is 28.8 Å². The van der Waals surface area contributed by atoms with Crippen LogP contribution in [0.15, 0.2) is 197 Å². The van der Waals surface area contributed by atoms with Crippen molar-refractivity contribution in [3.8, 4) is 62.4 Å². The van der Waals surface area contributed by atoms with Gasteiger partial charge in [0.1, 0.15) is 16.7 Å². The quantitative estimate of drug-likeness (QED) is 0.168. The zero-order valence-electron chi connectivity index (χ0n) is 31.5. The number of oxazole rings is 1. The molecule has 0 aliphatic rings. The monoisotopic (exact) mass is 757 g/mol. The van der Waals surface area contributed by atoms with Crippen LogP contribution in [0.25, 0.3) is 117 Å². The maximum atomic E-state index is 6.89. The lowest BCUT2D eigenvalue weighted by molar-refractivity contribution is 0.620. The van der Waals surface area contributed by atoms with E-state index in [1.807, 2.05) is 84.9 Å². The summed E-state index contributed by atoms with van der Waals surface area (Å²) in [6, 6.07) is 64.0. The van der Waals surface area contributed by atoms with Crippen LogP contribution in [0.4, 0.5) is 0 Å². The van der Waals surface area contributed by atoms with Crippen LogP contribution >= 0.6 is 0 Å². The molecule has 7 nitrogen and oxygen atoms in total. The third-order valence-electron chi connectivity index (χ3n) is 11.1. The highest BCUT2D eigenvalue weighted by molar-refractivity contribution is 6.16. The van der Waals surface area contributed by atoms with Gasteiger partial charge in [-0.05, 0) is 59.2 Å². The normalized spacial score (nSPS) is 11.7. The maximum absolute atomic E-state index is 6.89. The molecule has 0 unspecified atom stereocenters. The van der Waals surface area contributed by atoms with Gasteiger partial charge in [0.15, 0.2) is 17.2 Å². The van der Waals surface area contributed by atoms with Crippen LogP contribution < -0.4 is 0 Å². The van der Waals surface area contributed by atoms with Crippen LogP contribution in [0, 0.1) is 0 Å². The fourth-order valence-corrected chi connectivity index (χ4v) is 8.47. The summed E-state index contributed by atoms with van der Waals surface area (Å²) in [5.74, 6) is 1.93. The summed E-state index contributed by atoms with van der Waals surface area (Å²) in [4.78, 5) is 20.8. The minimum absolute atomic E-state index is 0.453. The zero-order chi connectivity index (χ0) is 38.9. The van der Waals surface area contributed by atoms with Gasteiger partial charge in [-0.1, -0.05) is 146 Å². The predicted octanol–water partition coefficient (Wildman–Crippen LogP) is 13.3. The highest BCUT2D eigenvalue weighted by Gasteiger charge is 2.24. The Balaban J connectivity index is 1.15. The first-order valence-electron chi connectivity index (χ1n) is 19.6. The van der Waals surface area contributed by atoms with Gasteiger partial charge in [-0.25, -0.2) is 9.97 Å². The molecule has 12 rings (SSSR count). The predicted molar refractivity (Wildman–Crippen MR) is 236 cm³/mol. The van der Waals surface area contributed by atoms with E-state index in [-0.39, 0.29) is 0 Å². The first kappa shape index (κ1) is 33.0. The fourth-order valence-electron chi connectivity index (χ4n) is 8.47. The number of furan rings is 1. The van der Waals surface area contributed by atoms with E-state index in [0.717, 1.165) is 71.5 Å². The first-order chi connectivity index (χ1) is 29.3. The van der Waals surface area contributed by atoms with Gasteiger partial charge in [0.2, 0.25) is 11.8 Å². The summed E-state index contributed by atoms with van der Waals surface area (Å²) < 4.78 is 15.6. The Morgan fingerprint density at radius 2 is 0.847 bits per heavy atom. The molecule has 276 valence electrons. The average Bonchev–Trinajstić information content (AvgIpc) is 4.02. The van der Waals surface area contributed by atoms with Gasteiger partial charge in [0.05, 0.1) is 22.2 Å². The van der Waals surface area contributed by atoms with Gasteiger partial charge in [-0.15, -0.1) is 0 Å². The SMILES string of the molecule is c1ccc(-c2nc3cccc(-c4nc(-c5cccc6c5oc5c(-c7ccccc7)cccc56)nc(-n5c6ccccc6c6c(-c7ccccc7)cccc65)n4)c3o2)cc1. The molecule has 0 aliphatic heterocycles. The highest BCUT2D eigenvalue weighted by Crippen LogP contribution is 2.42. The van der Waals surface area contributed by atoms with Crippen molar-refractivity contribution in [1.29, 1.82) is 0 Å². The first-order valence-corrected chi connectivity index (χ1v) is 19.6. The second-order valence-corrected chi connectivity index (χ2v) is 14.6. The molecular weight excluding hydrogens is 727 g/mol. The molecule has 8 aromatic carbocycles. The number of fused-ring (bicyclic) bond motifs is 7. The van der Waals surface area contributed by atoms with Crippen LogP contribution in [0.2, 0.25) is 0 Å². The molecule has 0 saturated heterocycles. The maximum Gasteiger partial charge on any atom is 0.238 e. The molecule has 0 radical (unpaired) electrons. The molecule has 0 N–H and O–H groups in total. The largest absolute Gasteiger partial charge is 0.455 e. The van der Waals surface area contributed by atoms with E-state index in [2.05, 4.69) is 108 Å². The van der Waals surface area contributed by atoms with Crippen molar-refractivity contribution in [2.45, 2.75) is 0 Å². The molecule has 0 aliphatic carbocycles. The van der Waals surface area contributed by atoms with Crippen molar-refractivity contribution in [2.75, 3.05) is 0 Å². The van der Waals surface area contributed by atoms with Gasteiger partial charge in [0, 0.05) is 32.7 Å². The van der Waals surface area contributed by atoms with E-state index in [1.54, 1.807) is 0 Å². The molecular formula is C52H31N5O2. The summed E-state index contributed by atoms with van der Waals surface area (Å²) in [5, 5.41) is 4.22. The molecule has 0 saturated carbocycles. The van der Waals surface area contributed by atoms with Crippen LogP contribution in [0.5, 0.6) is 0 Å². The van der Waals surface area contributed by atoms with Crippen molar-refractivity contribution in [3.63, 3.8) is 0 Å². The summed E-state index contributed by atoms with van der Waals surface area (Å²) in [5.41, 5.74) is 11.5. The smallest absolute Gasteiger partial charge is 0.238 e. The van der Waals surface area contributed by atoms with Crippen LogP contribution in [0.3, 0.4) is 0 Å². The molecule has 12 aromatic rings. The zero-order valence-corrected chi connectivity index (χ0v) is 31.5. The van der Waals surface area contributed by atoms with Gasteiger partial charge in [0.25, 0.3) is 0 Å². The van der Waals surface area contributed by atoms with Gasteiger partial charge < -0.3 is 8.83 Å². The lowest BCUT2D eigenvalue weighted by Crippen LogP contribution is -2.06. The van der Waals surface area contributed by atoms with E-state index >= 15 is 0 Å². The third-order valence-corrected chi connectivity index (χ3v) is 11.1. The van der Waals surface area contributed by atoms with E-state index in [1.165, 1.54) is 0 Å². The Morgan fingerprint density at radius 3 is 1.56 bits per heavy atom. The molecule has 0 bridgehead atoms. The molecule has 0 spiro atoms. The number of para-hydroxylation sites is 4. The van der Waals surface area contributed by atoms with Crippen molar-refractivity contribution in [2.24, 2.45) is 0 Å². The number of nitrogens with zero attached hydrogens (tertiary/aromatic N) is 5. The van der Waals surface area contributed by atoms with E-state index in [9.17, 15) is 0 Å².